The Labute approximate surface area is 95.9 Å². The van der Waals surface area contributed by atoms with Gasteiger partial charge in [-0.25, -0.2) is 0 Å². The normalized spacial score (nSPS) is 25.1. The first-order valence-electron chi connectivity index (χ1n) is 5.73. The SMILES string of the molecule is C[C@H]1CC[C@H](c2ccc(C#N)cc2)CC1=O. The number of Topliss-reactive ketones (excluding diaryl/α,β-unsaturated/α-hetero) is 1. The summed E-state index contributed by atoms with van der Waals surface area (Å²) in [6, 6.07) is 9.73. The molecule has 0 amide bonds. The minimum atomic E-state index is 0.231. The molecule has 2 nitrogen and oxygen atoms in total. The van der Waals surface area contributed by atoms with Crippen LogP contribution in [0.25, 0.3) is 0 Å². The Balaban J connectivity index is 2.13. The fraction of sp³-hybridized carbons (Fsp3) is 0.429. The number of nitriles is 1. The van der Waals surface area contributed by atoms with Crippen molar-refractivity contribution in [3.05, 3.63) is 35.4 Å². The molecule has 0 N–H and O–H groups in total. The predicted octanol–water partition coefficient (Wildman–Crippen LogP) is 3.03. The fourth-order valence-electron chi connectivity index (χ4n) is 2.27. The minimum Gasteiger partial charge on any atom is -0.299 e. The maximum atomic E-state index is 11.6. The van der Waals surface area contributed by atoms with E-state index in [1.54, 1.807) is 0 Å². The molecule has 0 spiro atoms. The molecule has 1 aliphatic rings. The molecule has 0 bridgehead atoms. The van der Waals surface area contributed by atoms with Crippen LogP contribution >= 0.6 is 0 Å². The smallest absolute Gasteiger partial charge is 0.136 e. The van der Waals surface area contributed by atoms with Crippen molar-refractivity contribution in [2.75, 3.05) is 0 Å². The maximum absolute atomic E-state index is 11.6. The number of ketones is 1. The van der Waals surface area contributed by atoms with E-state index in [9.17, 15) is 4.79 Å². The highest BCUT2D eigenvalue weighted by atomic mass is 16.1. The Morgan fingerprint density at radius 2 is 1.94 bits per heavy atom. The zero-order chi connectivity index (χ0) is 11.5. The molecule has 0 aromatic heterocycles. The van der Waals surface area contributed by atoms with Crippen LogP contribution in [0.2, 0.25) is 0 Å². The number of benzene rings is 1. The molecule has 0 radical (unpaired) electrons. The van der Waals surface area contributed by atoms with Crippen molar-refractivity contribution in [1.29, 1.82) is 5.26 Å². The molecule has 0 heterocycles. The van der Waals surface area contributed by atoms with E-state index in [1.807, 2.05) is 31.2 Å². The van der Waals surface area contributed by atoms with Crippen molar-refractivity contribution in [1.82, 2.24) is 0 Å². The van der Waals surface area contributed by atoms with Crippen LogP contribution in [0.1, 0.15) is 43.2 Å². The molecule has 1 aliphatic carbocycles. The number of hydrogen-bond donors (Lipinski definition) is 0. The first-order valence-corrected chi connectivity index (χ1v) is 5.73. The van der Waals surface area contributed by atoms with E-state index < -0.39 is 0 Å². The lowest BCUT2D eigenvalue weighted by Crippen LogP contribution is -2.21. The monoisotopic (exact) mass is 213 g/mol. The number of nitrogens with zero attached hydrogens (tertiary/aromatic N) is 1. The lowest BCUT2D eigenvalue weighted by Gasteiger charge is -2.25. The summed E-state index contributed by atoms with van der Waals surface area (Å²) < 4.78 is 0. The van der Waals surface area contributed by atoms with Gasteiger partial charge in [-0.3, -0.25) is 4.79 Å². The lowest BCUT2D eigenvalue weighted by atomic mass is 9.78. The topological polar surface area (TPSA) is 40.9 Å². The highest BCUT2D eigenvalue weighted by Crippen LogP contribution is 2.33. The van der Waals surface area contributed by atoms with Crippen LogP contribution in [0.4, 0.5) is 0 Å². The van der Waals surface area contributed by atoms with Gasteiger partial charge in [0.25, 0.3) is 0 Å². The van der Waals surface area contributed by atoms with Gasteiger partial charge >= 0.3 is 0 Å². The Morgan fingerprint density at radius 1 is 1.25 bits per heavy atom. The summed E-state index contributed by atoms with van der Waals surface area (Å²) in [5.41, 5.74) is 1.87. The molecule has 1 aromatic carbocycles. The summed E-state index contributed by atoms with van der Waals surface area (Å²) in [6.07, 6.45) is 2.73. The summed E-state index contributed by atoms with van der Waals surface area (Å²) in [6.45, 7) is 2.01. The molecule has 16 heavy (non-hydrogen) atoms. The van der Waals surface area contributed by atoms with E-state index in [0.717, 1.165) is 12.8 Å². The predicted molar refractivity (Wildman–Crippen MR) is 61.9 cm³/mol. The molecule has 0 unspecified atom stereocenters. The molecule has 2 heteroatoms. The van der Waals surface area contributed by atoms with Crippen LogP contribution in [0.15, 0.2) is 24.3 Å². The Kier molecular flexibility index (Phi) is 3.05. The highest BCUT2D eigenvalue weighted by Gasteiger charge is 2.26. The molecule has 82 valence electrons. The second-order valence-electron chi connectivity index (χ2n) is 4.58. The lowest BCUT2D eigenvalue weighted by molar-refractivity contribution is -0.124. The van der Waals surface area contributed by atoms with Gasteiger partial charge in [0, 0.05) is 12.3 Å². The molecule has 1 saturated carbocycles. The summed E-state index contributed by atoms with van der Waals surface area (Å²) in [4.78, 5) is 11.6. The Morgan fingerprint density at radius 3 is 2.50 bits per heavy atom. The maximum Gasteiger partial charge on any atom is 0.136 e. The summed E-state index contributed by atoms with van der Waals surface area (Å²) >= 11 is 0. The zero-order valence-electron chi connectivity index (χ0n) is 9.44. The van der Waals surface area contributed by atoms with Crippen molar-refractivity contribution in [3.63, 3.8) is 0 Å². The van der Waals surface area contributed by atoms with Gasteiger partial charge in [-0.05, 0) is 36.5 Å². The molecule has 1 aromatic rings. The van der Waals surface area contributed by atoms with Crippen LogP contribution in [-0.4, -0.2) is 5.78 Å². The first-order chi connectivity index (χ1) is 7.70. The van der Waals surface area contributed by atoms with Gasteiger partial charge in [0.15, 0.2) is 0 Å². The number of carbonyl (C=O) groups is 1. The number of carbonyl (C=O) groups excluding carboxylic acids is 1. The molecule has 2 atom stereocenters. The van der Waals surface area contributed by atoms with Gasteiger partial charge in [0.2, 0.25) is 0 Å². The third-order valence-corrected chi connectivity index (χ3v) is 3.46. The Hall–Kier alpha value is -1.62. The fourth-order valence-corrected chi connectivity index (χ4v) is 2.27. The van der Waals surface area contributed by atoms with Crippen LogP contribution < -0.4 is 0 Å². The van der Waals surface area contributed by atoms with Crippen LogP contribution in [0.3, 0.4) is 0 Å². The molecular weight excluding hydrogens is 198 g/mol. The van der Waals surface area contributed by atoms with Gasteiger partial charge < -0.3 is 0 Å². The van der Waals surface area contributed by atoms with Crippen molar-refractivity contribution in [2.24, 2.45) is 5.92 Å². The van der Waals surface area contributed by atoms with Crippen LogP contribution in [0.5, 0.6) is 0 Å². The number of rotatable bonds is 1. The largest absolute Gasteiger partial charge is 0.299 e. The quantitative estimate of drug-likeness (QED) is 0.719. The minimum absolute atomic E-state index is 0.231. The molecule has 2 rings (SSSR count). The number of hydrogen-bond acceptors (Lipinski definition) is 2. The second kappa shape index (κ2) is 4.49. The van der Waals surface area contributed by atoms with E-state index in [4.69, 9.17) is 5.26 Å². The molecule has 0 aliphatic heterocycles. The molecular formula is C14H15NO. The standard InChI is InChI=1S/C14H15NO/c1-10-2-5-13(8-14(10)16)12-6-3-11(9-15)4-7-12/h3-4,6-7,10,13H,2,5,8H2,1H3/t10-,13-/m0/s1. The zero-order valence-corrected chi connectivity index (χ0v) is 9.44. The first kappa shape index (κ1) is 10.9. The van der Waals surface area contributed by atoms with Gasteiger partial charge in [-0.15, -0.1) is 0 Å². The van der Waals surface area contributed by atoms with Crippen LogP contribution in [0, 0.1) is 17.2 Å². The van der Waals surface area contributed by atoms with Crippen molar-refractivity contribution >= 4 is 5.78 Å². The van der Waals surface area contributed by atoms with Crippen molar-refractivity contribution < 1.29 is 4.79 Å². The average Bonchev–Trinajstić information content (AvgIpc) is 2.33. The summed E-state index contributed by atoms with van der Waals surface area (Å²) in [5, 5.41) is 8.71. The van der Waals surface area contributed by atoms with Gasteiger partial charge in [0.05, 0.1) is 11.6 Å². The molecule has 0 saturated heterocycles. The summed E-state index contributed by atoms with van der Waals surface area (Å²) in [7, 11) is 0. The van der Waals surface area contributed by atoms with E-state index in [-0.39, 0.29) is 5.92 Å². The van der Waals surface area contributed by atoms with Crippen molar-refractivity contribution in [3.8, 4) is 6.07 Å². The van der Waals surface area contributed by atoms with E-state index >= 15 is 0 Å². The average molecular weight is 213 g/mol. The summed E-state index contributed by atoms with van der Waals surface area (Å²) in [5.74, 6) is 0.965. The third-order valence-electron chi connectivity index (χ3n) is 3.46. The van der Waals surface area contributed by atoms with E-state index in [2.05, 4.69) is 6.07 Å². The van der Waals surface area contributed by atoms with E-state index in [0.29, 0.717) is 23.7 Å². The van der Waals surface area contributed by atoms with Crippen LogP contribution in [-0.2, 0) is 4.79 Å². The van der Waals surface area contributed by atoms with Gasteiger partial charge in [0.1, 0.15) is 5.78 Å². The van der Waals surface area contributed by atoms with Gasteiger partial charge in [-0.1, -0.05) is 19.1 Å². The van der Waals surface area contributed by atoms with Gasteiger partial charge in [-0.2, -0.15) is 5.26 Å². The second-order valence-corrected chi connectivity index (χ2v) is 4.58. The third kappa shape index (κ3) is 2.14. The van der Waals surface area contributed by atoms with E-state index in [1.165, 1.54) is 5.56 Å². The highest BCUT2D eigenvalue weighted by molar-refractivity contribution is 5.82. The molecule has 1 fully saturated rings. The van der Waals surface area contributed by atoms with Crippen molar-refractivity contribution in [2.45, 2.75) is 32.1 Å². The Bertz CT molecular complexity index is 427.